The molecule has 1 heterocycles. The number of hydrogen-bond acceptors (Lipinski definition) is 1. The van der Waals surface area contributed by atoms with E-state index in [9.17, 15) is 13.2 Å². The minimum absolute atomic E-state index is 0.0929. The van der Waals surface area contributed by atoms with E-state index in [1.54, 1.807) is 12.1 Å². The first-order valence-electron chi connectivity index (χ1n) is 7.84. The molecule has 3 atom stereocenters. The van der Waals surface area contributed by atoms with Crippen LogP contribution >= 0.6 is 15.9 Å². The van der Waals surface area contributed by atoms with Gasteiger partial charge in [0.15, 0.2) is 0 Å². The fourth-order valence-electron chi connectivity index (χ4n) is 3.92. The number of halogens is 4. The third-order valence-corrected chi connectivity index (χ3v) is 5.61. The molecule has 1 aliphatic carbocycles. The van der Waals surface area contributed by atoms with Crippen LogP contribution in [0.15, 0.2) is 59.1 Å². The summed E-state index contributed by atoms with van der Waals surface area (Å²) in [4.78, 5) is 0. The van der Waals surface area contributed by atoms with Gasteiger partial charge in [0.2, 0.25) is 0 Å². The van der Waals surface area contributed by atoms with E-state index in [-0.39, 0.29) is 17.9 Å². The Kier molecular flexibility index (Phi) is 3.71. The summed E-state index contributed by atoms with van der Waals surface area (Å²) in [6.45, 7) is 0. The second-order valence-corrected chi connectivity index (χ2v) is 7.12. The summed E-state index contributed by atoms with van der Waals surface area (Å²) >= 11 is 3.53. The van der Waals surface area contributed by atoms with Crippen molar-refractivity contribution in [1.29, 1.82) is 0 Å². The first-order valence-corrected chi connectivity index (χ1v) is 8.64. The van der Waals surface area contributed by atoms with Crippen molar-refractivity contribution in [1.82, 2.24) is 0 Å². The Bertz CT molecular complexity index is 812. The predicted molar refractivity (Wildman–Crippen MR) is 91.9 cm³/mol. The van der Waals surface area contributed by atoms with E-state index in [0.29, 0.717) is 5.56 Å². The first-order chi connectivity index (χ1) is 11.5. The highest BCUT2D eigenvalue weighted by Gasteiger charge is 2.42. The summed E-state index contributed by atoms with van der Waals surface area (Å²) in [5.74, 6) is 0.236. The van der Waals surface area contributed by atoms with Crippen LogP contribution in [0, 0.1) is 5.92 Å². The van der Waals surface area contributed by atoms with Gasteiger partial charge < -0.3 is 5.32 Å². The molecule has 2 unspecified atom stereocenters. The van der Waals surface area contributed by atoms with Crippen molar-refractivity contribution in [2.75, 3.05) is 5.32 Å². The zero-order valence-corrected chi connectivity index (χ0v) is 14.2. The largest absolute Gasteiger partial charge is 0.416 e. The third kappa shape index (κ3) is 2.46. The number of fused-ring (bicyclic) bond motifs is 3. The number of anilines is 1. The van der Waals surface area contributed by atoms with E-state index < -0.39 is 11.7 Å². The van der Waals surface area contributed by atoms with Crippen molar-refractivity contribution in [2.45, 2.75) is 24.6 Å². The molecular weight excluding hydrogens is 379 g/mol. The van der Waals surface area contributed by atoms with E-state index in [0.717, 1.165) is 22.1 Å². The molecule has 2 aliphatic rings. The molecule has 0 saturated carbocycles. The Hall–Kier alpha value is -1.75. The van der Waals surface area contributed by atoms with Crippen LogP contribution in [0.25, 0.3) is 0 Å². The van der Waals surface area contributed by atoms with Gasteiger partial charge in [-0.3, -0.25) is 0 Å². The molecule has 1 nitrogen and oxygen atoms in total. The Morgan fingerprint density at radius 2 is 1.75 bits per heavy atom. The summed E-state index contributed by atoms with van der Waals surface area (Å²) in [6.07, 6.45) is 0.630. The van der Waals surface area contributed by atoms with Crippen molar-refractivity contribution >= 4 is 21.6 Å². The van der Waals surface area contributed by atoms with Gasteiger partial charge in [-0.1, -0.05) is 42.5 Å². The van der Waals surface area contributed by atoms with Crippen molar-refractivity contribution in [3.63, 3.8) is 0 Å². The van der Waals surface area contributed by atoms with Crippen LogP contribution in [0.5, 0.6) is 0 Å². The fourth-order valence-corrected chi connectivity index (χ4v) is 4.41. The minimum Gasteiger partial charge on any atom is -0.377 e. The van der Waals surface area contributed by atoms with Gasteiger partial charge in [-0.15, -0.1) is 0 Å². The molecule has 5 heteroatoms. The molecule has 1 aliphatic heterocycles. The van der Waals surface area contributed by atoms with Crippen molar-refractivity contribution in [3.05, 3.63) is 75.8 Å². The van der Waals surface area contributed by atoms with Gasteiger partial charge in [-0.25, -0.2) is 0 Å². The Balaban J connectivity index is 1.85. The predicted octanol–water partition coefficient (Wildman–Crippen LogP) is 6.29. The van der Waals surface area contributed by atoms with Crippen LogP contribution in [0.4, 0.5) is 18.9 Å². The van der Waals surface area contributed by atoms with Gasteiger partial charge in [0.1, 0.15) is 0 Å². The van der Waals surface area contributed by atoms with Gasteiger partial charge in [0, 0.05) is 10.4 Å². The molecule has 124 valence electrons. The molecule has 0 saturated heterocycles. The van der Waals surface area contributed by atoms with Gasteiger partial charge in [0.05, 0.1) is 17.3 Å². The average molecular weight is 394 g/mol. The lowest BCUT2D eigenvalue weighted by molar-refractivity contribution is -0.138. The summed E-state index contributed by atoms with van der Waals surface area (Å²) in [5.41, 5.74) is 1.81. The molecule has 1 N–H and O–H groups in total. The Morgan fingerprint density at radius 1 is 1.00 bits per heavy atom. The van der Waals surface area contributed by atoms with Crippen LogP contribution in [0.3, 0.4) is 0 Å². The number of para-hydroxylation sites is 1. The number of allylic oxidation sites excluding steroid dienone is 2. The normalized spacial score (nSPS) is 25.1. The van der Waals surface area contributed by atoms with Gasteiger partial charge in [-0.2, -0.15) is 13.2 Å². The van der Waals surface area contributed by atoms with Crippen LogP contribution in [-0.2, 0) is 6.18 Å². The van der Waals surface area contributed by atoms with Crippen LogP contribution in [0.1, 0.15) is 35.1 Å². The molecule has 0 radical (unpaired) electrons. The van der Waals surface area contributed by atoms with Crippen molar-refractivity contribution < 1.29 is 13.2 Å². The number of nitrogens with one attached hydrogen (secondary N) is 1. The minimum atomic E-state index is -4.35. The molecule has 0 spiro atoms. The highest BCUT2D eigenvalue weighted by molar-refractivity contribution is 9.10. The topological polar surface area (TPSA) is 12.0 Å². The fraction of sp³-hybridized carbons (Fsp3) is 0.263. The molecule has 2 aromatic rings. The monoisotopic (exact) mass is 393 g/mol. The van der Waals surface area contributed by atoms with Crippen molar-refractivity contribution in [3.8, 4) is 0 Å². The van der Waals surface area contributed by atoms with Crippen LogP contribution in [-0.4, -0.2) is 0 Å². The van der Waals surface area contributed by atoms with Gasteiger partial charge >= 0.3 is 6.18 Å². The lowest BCUT2D eigenvalue weighted by atomic mass is 9.76. The molecule has 0 amide bonds. The molecular formula is C19H15BrF3N. The summed E-state index contributed by atoms with van der Waals surface area (Å²) in [6, 6.07) is 11.5. The lowest BCUT2D eigenvalue weighted by Gasteiger charge is -2.38. The van der Waals surface area contributed by atoms with E-state index in [1.807, 2.05) is 18.2 Å². The maximum Gasteiger partial charge on any atom is 0.416 e. The van der Waals surface area contributed by atoms with E-state index in [4.69, 9.17) is 0 Å². The Morgan fingerprint density at radius 3 is 2.54 bits per heavy atom. The molecule has 4 rings (SSSR count). The van der Waals surface area contributed by atoms with Gasteiger partial charge in [-0.05, 0) is 51.5 Å². The molecule has 0 aromatic heterocycles. The number of hydrogen-bond donors (Lipinski definition) is 1. The standard InChI is InChI=1S/C19H15BrF3N/c20-16-10-4-8-13-11-6-3-7-12(11)17(24-18(13)16)14-5-1-2-9-15(14)19(21,22)23/h1-6,8-12,17,24H,7H2/t11?,12?,17-/m0/s1. The van der Waals surface area contributed by atoms with Crippen LogP contribution < -0.4 is 5.32 Å². The zero-order valence-electron chi connectivity index (χ0n) is 12.6. The molecule has 24 heavy (non-hydrogen) atoms. The molecule has 0 fully saturated rings. The second kappa shape index (κ2) is 5.66. The number of benzene rings is 2. The highest BCUT2D eigenvalue weighted by atomic mass is 79.9. The number of alkyl halides is 3. The summed E-state index contributed by atoms with van der Waals surface area (Å²) in [5, 5.41) is 3.38. The highest BCUT2D eigenvalue weighted by Crippen LogP contribution is 2.52. The second-order valence-electron chi connectivity index (χ2n) is 6.26. The SMILES string of the molecule is FC(F)(F)c1ccccc1[C@H]1Nc2c(Br)cccc2C2C=CCC21. The van der Waals surface area contributed by atoms with E-state index in [1.165, 1.54) is 12.1 Å². The number of rotatable bonds is 1. The lowest BCUT2D eigenvalue weighted by Crippen LogP contribution is -2.31. The van der Waals surface area contributed by atoms with Gasteiger partial charge in [0.25, 0.3) is 0 Å². The smallest absolute Gasteiger partial charge is 0.377 e. The quantitative estimate of drug-likeness (QED) is 0.561. The molecule has 0 bridgehead atoms. The summed E-state index contributed by atoms with van der Waals surface area (Å²) < 4.78 is 41.3. The first kappa shape index (κ1) is 15.8. The van der Waals surface area contributed by atoms with Crippen molar-refractivity contribution in [2.24, 2.45) is 5.92 Å². The molecule has 2 aromatic carbocycles. The van der Waals surface area contributed by atoms with Crippen LogP contribution in [0.2, 0.25) is 0 Å². The third-order valence-electron chi connectivity index (χ3n) is 4.95. The summed E-state index contributed by atoms with van der Waals surface area (Å²) in [7, 11) is 0. The zero-order chi connectivity index (χ0) is 16.9. The Labute approximate surface area is 146 Å². The maximum atomic E-state index is 13.5. The van der Waals surface area contributed by atoms with E-state index >= 15 is 0 Å². The average Bonchev–Trinajstić information content (AvgIpc) is 3.04. The maximum absolute atomic E-state index is 13.5. The van der Waals surface area contributed by atoms with E-state index in [2.05, 4.69) is 33.4 Å².